The molecule has 0 spiro atoms. The van der Waals surface area contributed by atoms with Gasteiger partial charge in [-0.3, -0.25) is 4.79 Å². The van der Waals surface area contributed by atoms with Crippen LogP contribution in [0, 0.1) is 0 Å². The molecule has 0 fully saturated rings. The molecule has 1 heterocycles. The Labute approximate surface area is 132 Å². The molecule has 1 aromatic heterocycles. The average Bonchev–Trinajstić information content (AvgIpc) is 2.98. The molecule has 0 saturated carbocycles. The highest BCUT2D eigenvalue weighted by Crippen LogP contribution is 2.33. The molecule has 1 aromatic carbocycles. The summed E-state index contributed by atoms with van der Waals surface area (Å²) in [6.07, 6.45) is -2.42. The monoisotopic (exact) mass is 325 g/mol. The maximum atomic E-state index is 13.4. The van der Waals surface area contributed by atoms with Gasteiger partial charge in [0.1, 0.15) is 0 Å². The van der Waals surface area contributed by atoms with Crippen molar-refractivity contribution in [3.05, 3.63) is 47.8 Å². The van der Waals surface area contributed by atoms with E-state index in [-0.39, 0.29) is 11.7 Å². The van der Waals surface area contributed by atoms with E-state index in [2.05, 4.69) is 10.4 Å². The van der Waals surface area contributed by atoms with Crippen molar-refractivity contribution in [2.75, 3.05) is 0 Å². The first kappa shape index (κ1) is 17.1. The molecule has 0 aliphatic rings. The zero-order chi connectivity index (χ0) is 17.0. The minimum atomic E-state index is -4.69. The lowest BCUT2D eigenvalue weighted by Crippen LogP contribution is -2.35. The third-order valence-electron chi connectivity index (χ3n) is 3.60. The van der Waals surface area contributed by atoms with E-state index < -0.39 is 23.3 Å². The molecule has 0 saturated heterocycles. The Hall–Kier alpha value is -2.31. The van der Waals surface area contributed by atoms with Crippen LogP contribution < -0.4 is 5.32 Å². The van der Waals surface area contributed by atoms with E-state index >= 15 is 0 Å². The number of nitrogens with one attached hydrogen (secondary N) is 1. The topological polar surface area (TPSA) is 46.9 Å². The van der Waals surface area contributed by atoms with E-state index in [9.17, 15) is 18.0 Å². The van der Waals surface area contributed by atoms with E-state index in [1.54, 1.807) is 18.2 Å². The lowest BCUT2D eigenvalue weighted by Gasteiger charge is -2.16. The summed E-state index contributed by atoms with van der Waals surface area (Å²) in [5.41, 5.74) is -1.28. The molecular formula is C16H18F3N3O. The molecule has 1 amide bonds. The van der Waals surface area contributed by atoms with Crippen LogP contribution in [0.5, 0.6) is 0 Å². The highest BCUT2D eigenvalue weighted by Gasteiger charge is 2.40. The maximum Gasteiger partial charge on any atom is 0.434 e. The smallest absolute Gasteiger partial charge is 0.349 e. The zero-order valence-electron chi connectivity index (χ0n) is 12.9. The molecule has 0 aliphatic heterocycles. The molecule has 1 N–H and O–H groups in total. The van der Waals surface area contributed by atoms with Gasteiger partial charge in [0.2, 0.25) is 0 Å². The predicted molar refractivity (Wildman–Crippen MR) is 80.4 cm³/mol. The third kappa shape index (κ3) is 3.72. The molecule has 0 unspecified atom stereocenters. The van der Waals surface area contributed by atoms with Gasteiger partial charge in [0.05, 0.1) is 17.4 Å². The van der Waals surface area contributed by atoms with Gasteiger partial charge < -0.3 is 5.32 Å². The second kappa shape index (κ2) is 6.85. The number of rotatable bonds is 5. The standard InChI is InChI=1S/C16H18F3N3O/c1-3-11(4-2)21-15(23)13-10-20-22(14(13)16(17,18)19)12-8-6-5-7-9-12/h5-11H,3-4H2,1-2H3,(H,21,23). The van der Waals surface area contributed by atoms with Crippen molar-refractivity contribution in [3.63, 3.8) is 0 Å². The molecule has 0 bridgehead atoms. The van der Waals surface area contributed by atoms with Crippen molar-refractivity contribution in [3.8, 4) is 5.69 Å². The Morgan fingerprint density at radius 1 is 1.22 bits per heavy atom. The fourth-order valence-corrected chi connectivity index (χ4v) is 2.31. The van der Waals surface area contributed by atoms with Gasteiger partial charge in [-0.15, -0.1) is 0 Å². The fraction of sp³-hybridized carbons (Fsp3) is 0.375. The van der Waals surface area contributed by atoms with Gasteiger partial charge in [-0.05, 0) is 25.0 Å². The minimum absolute atomic E-state index is 0.163. The van der Waals surface area contributed by atoms with Crippen molar-refractivity contribution in [1.29, 1.82) is 0 Å². The molecule has 4 nitrogen and oxygen atoms in total. The van der Waals surface area contributed by atoms with Gasteiger partial charge in [-0.2, -0.15) is 18.3 Å². The summed E-state index contributed by atoms with van der Waals surface area (Å²) in [4.78, 5) is 12.2. The lowest BCUT2D eigenvalue weighted by atomic mass is 10.1. The van der Waals surface area contributed by atoms with Crippen molar-refractivity contribution in [1.82, 2.24) is 15.1 Å². The number of halogens is 3. The first-order chi connectivity index (χ1) is 10.9. The van der Waals surface area contributed by atoms with E-state index in [1.807, 2.05) is 13.8 Å². The molecule has 2 rings (SSSR count). The largest absolute Gasteiger partial charge is 0.434 e. The normalized spacial score (nSPS) is 11.7. The molecule has 0 radical (unpaired) electrons. The van der Waals surface area contributed by atoms with Crippen LogP contribution in [0.1, 0.15) is 42.7 Å². The van der Waals surface area contributed by atoms with Gasteiger partial charge >= 0.3 is 6.18 Å². The number of hydrogen-bond acceptors (Lipinski definition) is 2. The number of alkyl halides is 3. The van der Waals surface area contributed by atoms with Crippen molar-refractivity contribution >= 4 is 5.91 Å². The summed E-state index contributed by atoms with van der Waals surface area (Å²) >= 11 is 0. The number of benzene rings is 1. The number of carbonyl (C=O) groups is 1. The summed E-state index contributed by atoms with van der Waals surface area (Å²) in [5.74, 6) is -0.756. The van der Waals surface area contributed by atoms with E-state index in [0.717, 1.165) is 10.9 Å². The number of aromatic nitrogens is 2. The van der Waals surface area contributed by atoms with E-state index in [4.69, 9.17) is 0 Å². The Kier molecular flexibility index (Phi) is 5.08. The molecule has 23 heavy (non-hydrogen) atoms. The SMILES string of the molecule is CCC(CC)NC(=O)c1cnn(-c2ccccc2)c1C(F)(F)F. The van der Waals surface area contributed by atoms with Gasteiger partial charge in [-0.1, -0.05) is 32.0 Å². The van der Waals surface area contributed by atoms with Gasteiger partial charge in [-0.25, -0.2) is 4.68 Å². The van der Waals surface area contributed by atoms with Crippen LogP contribution in [0.15, 0.2) is 36.5 Å². The predicted octanol–water partition coefficient (Wildman–Crippen LogP) is 3.81. The second-order valence-electron chi connectivity index (χ2n) is 5.14. The quantitative estimate of drug-likeness (QED) is 0.909. The Morgan fingerprint density at radius 3 is 2.35 bits per heavy atom. The maximum absolute atomic E-state index is 13.4. The first-order valence-corrected chi connectivity index (χ1v) is 7.40. The van der Waals surface area contributed by atoms with Crippen molar-refractivity contribution in [2.45, 2.75) is 38.9 Å². The van der Waals surface area contributed by atoms with Crippen LogP contribution in [0.2, 0.25) is 0 Å². The summed E-state index contributed by atoms with van der Waals surface area (Å²) in [6, 6.07) is 7.77. The van der Waals surface area contributed by atoms with Crippen molar-refractivity contribution in [2.24, 2.45) is 0 Å². The van der Waals surface area contributed by atoms with Crippen LogP contribution in [-0.4, -0.2) is 21.7 Å². The van der Waals surface area contributed by atoms with Crippen LogP contribution in [0.4, 0.5) is 13.2 Å². The Morgan fingerprint density at radius 2 is 1.83 bits per heavy atom. The lowest BCUT2D eigenvalue weighted by molar-refractivity contribution is -0.143. The molecule has 0 atom stereocenters. The fourth-order valence-electron chi connectivity index (χ4n) is 2.31. The first-order valence-electron chi connectivity index (χ1n) is 7.40. The number of para-hydroxylation sites is 1. The van der Waals surface area contributed by atoms with Gasteiger partial charge in [0, 0.05) is 6.04 Å². The summed E-state index contributed by atoms with van der Waals surface area (Å²) in [7, 11) is 0. The van der Waals surface area contributed by atoms with E-state index in [0.29, 0.717) is 12.8 Å². The van der Waals surface area contributed by atoms with Gasteiger partial charge in [0.25, 0.3) is 5.91 Å². The number of nitrogens with zero attached hydrogens (tertiary/aromatic N) is 2. The molecule has 2 aromatic rings. The average molecular weight is 325 g/mol. The van der Waals surface area contributed by atoms with Crippen LogP contribution in [0.3, 0.4) is 0 Å². The molecule has 124 valence electrons. The summed E-state index contributed by atoms with van der Waals surface area (Å²) < 4.78 is 41.1. The minimum Gasteiger partial charge on any atom is -0.349 e. The van der Waals surface area contributed by atoms with Crippen molar-refractivity contribution < 1.29 is 18.0 Å². The van der Waals surface area contributed by atoms with Crippen LogP contribution in [0.25, 0.3) is 5.69 Å². The third-order valence-corrected chi connectivity index (χ3v) is 3.60. The highest BCUT2D eigenvalue weighted by atomic mass is 19.4. The number of hydrogen-bond donors (Lipinski definition) is 1. The number of carbonyl (C=O) groups excluding carboxylic acids is 1. The Balaban J connectivity index is 2.46. The van der Waals surface area contributed by atoms with Crippen LogP contribution in [-0.2, 0) is 6.18 Å². The molecule has 0 aliphatic carbocycles. The molecule has 7 heteroatoms. The molecular weight excluding hydrogens is 307 g/mol. The van der Waals surface area contributed by atoms with Gasteiger partial charge in [0.15, 0.2) is 5.69 Å². The van der Waals surface area contributed by atoms with E-state index in [1.165, 1.54) is 12.1 Å². The highest BCUT2D eigenvalue weighted by molar-refractivity contribution is 5.95. The summed E-state index contributed by atoms with van der Waals surface area (Å²) in [5, 5.41) is 6.39. The number of amides is 1. The van der Waals surface area contributed by atoms with Crippen LogP contribution >= 0.6 is 0 Å². The Bertz CT molecular complexity index is 661. The zero-order valence-corrected chi connectivity index (χ0v) is 12.9. The second-order valence-corrected chi connectivity index (χ2v) is 5.14. The summed E-state index contributed by atoms with van der Waals surface area (Å²) in [6.45, 7) is 3.74.